The van der Waals surface area contributed by atoms with Crippen molar-refractivity contribution in [3.05, 3.63) is 69.7 Å². The van der Waals surface area contributed by atoms with E-state index in [9.17, 15) is 9.59 Å². The SMILES string of the molecule is CN1C(=O)[C@H](Cc2ccc(Cl)cc2)NC(=O)[C@@H]1Cc1ccc(Cl)cc1. The van der Waals surface area contributed by atoms with Crippen LogP contribution in [0, 0.1) is 0 Å². The van der Waals surface area contributed by atoms with Crippen LogP contribution in [0.1, 0.15) is 11.1 Å². The summed E-state index contributed by atoms with van der Waals surface area (Å²) >= 11 is 11.8. The summed E-state index contributed by atoms with van der Waals surface area (Å²) in [5.41, 5.74) is 1.91. The van der Waals surface area contributed by atoms with Crippen molar-refractivity contribution in [1.29, 1.82) is 0 Å². The van der Waals surface area contributed by atoms with Gasteiger partial charge in [0.2, 0.25) is 11.8 Å². The molecule has 1 fully saturated rings. The van der Waals surface area contributed by atoms with E-state index in [1.807, 2.05) is 24.3 Å². The van der Waals surface area contributed by atoms with Gasteiger partial charge in [0.15, 0.2) is 0 Å². The Morgan fingerprint density at radius 1 is 0.880 bits per heavy atom. The highest BCUT2D eigenvalue weighted by molar-refractivity contribution is 6.30. The smallest absolute Gasteiger partial charge is 0.245 e. The molecular formula is C19H18Cl2N2O2. The van der Waals surface area contributed by atoms with Crippen LogP contribution in [0.4, 0.5) is 0 Å². The number of rotatable bonds is 4. The number of piperazine rings is 1. The lowest BCUT2D eigenvalue weighted by atomic mass is 9.97. The molecule has 2 aromatic carbocycles. The Kier molecular flexibility index (Phi) is 5.30. The van der Waals surface area contributed by atoms with Gasteiger partial charge in [0, 0.05) is 29.9 Å². The maximum atomic E-state index is 12.7. The van der Waals surface area contributed by atoms with Crippen molar-refractivity contribution in [2.75, 3.05) is 7.05 Å². The van der Waals surface area contributed by atoms with Crippen LogP contribution < -0.4 is 5.32 Å². The molecule has 0 aromatic heterocycles. The molecule has 0 aliphatic carbocycles. The highest BCUT2D eigenvalue weighted by atomic mass is 35.5. The van der Waals surface area contributed by atoms with Crippen LogP contribution in [0.2, 0.25) is 10.0 Å². The molecule has 1 aliphatic heterocycles. The van der Waals surface area contributed by atoms with E-state index in [1.165, 1.54) is 4.90 Å². The molecular weight excluding hydrogens is 359 g/mol. The largest absolute Gasteiger partial charge is 0.342 e. The number of halogens is 2. The van der Waals surface area contributed by atoms with E-state index >= 15 is 0 Å². The summed E-state index contributed by atoms with van der Waals surface area (Å²) < 4.78 is 0. The zero-order chi connectivity index (χ0) is 18.0. The topological polar surface area (TPSA) is 49.4 Å². The van der Waals surface area contributed by atoms with Gasteiger partial charge < -0.3 is 10.2 Å². The number of benzene rings is 2. The second kappa shape index (κ2) is 7.46. The van der Waals surface area contributed by atoms with Crippen LogP contribution in [0.15, 0.2) is 48.5 Å². The molecule has 25 heavy (non-hydrogen) atoms. The molecule has 0 spiro atoms. The van der Waals surface area contributed by atoms with Crippen molar-refractivity contribution in [2.45, 2.75) is 24.9 Å². The van der Waals surface area contributed by atoms with E-state index in [-0.39, 0.29) is 11.8 Å². The Labute approximate surface area is 156 Å². The van der Waals surface area contributed by atoms with Gasteiger partial charge in [0.1, 0.15) is 12.1 Å². The van der Waals surface area contributed by atoms with Gasteiger partial charge in [-0.2, -0.15) is 0 Å². The van der Waals surface area contributed by atoms with E-state index in [2.05, 4.69) is 5.32 Å². The first-order valence-corrected chi connectivity index (χ1v) is 8.75. The Bertz CT molecular complexity index is 775. The molecule has 130 valence electrons. The van der Waals surface area contributed by atoms with Crippen LogP contribution in [-0.4, -0.2) is 35.8 Å². The minimum absolute atomic E-state index is 0.0893. The molecule has 2 atom stereocenters. The summed E-state index contributed by atoms with van der Waals surface area (Å²) in [5.74, 6) is -0.232. The molecule has 2 amide bonds. The normalized spacial score (nSPS) is 20.5. The van der Waals surface area contributed by atoms with E-state index in [0.29, 0.717) is 22.9 Å². The number of hydrogen-bond donors (Lipinski definition) is 1. The average molecular weight is 377 g/mol. The minimum Gasteiger partial charge on any atom is -0.342 e. The molecule has 6 heteroatoms. The van der Waals surface area contributed by atoms with Crippen molar-refractivity contribution >= 4 is 35.0 Å². The first kappa shape index (κ1) is 17.8. The van der Waals surface area contributed by atoms with Crippen LogP contribution in [0.5, 0.6) is 0 Å². The van der Waals surface area contributed by atoms with Gasteiger partial charge in [0.05, 0.1) is 0 Å². The first-order chi connectivity index (χ1) is 11.9. The summed E-state index contributed by atoms with van der Waals surface area (Å²) in [6, 6.07) is 13.5. The zero-order valence-electron chi connectivity index (χ0n) is 13.7. The van der Waals surface area contributed by atoms with E-state index < -0.39 is 12.1 Å². The van der Waals surface area contributed by atoms with Crippen LogP contribution >= 0.6 is 23.2 Å². The number of carbonyl (C=O) groups is 2. The summed E-state index contributed by atoms with van der Waals surface area (Å²) in [6.45, 7) is 0. The summed E-state index contributed by atoms with van der Waals surface area (Å²) in [4.78, 5) is 26.7. The van der Waals surface area contributed by atoms with Gasteiger partial charge in [-0.3, -0.25) is 9.59 Å². The quantitative estimate of drug-likeness (QED) is 0.890. The van der Waals surface area contributed by atoms with Gasteiger partial charge in [0.25, 0.3) is 0 Å². The molecule has 1 saturated heterocycles. The number of carbonyl (C=O) groups excluding carboxylic acids is 2. The molecule has 1 heterocycles. The Hall–Kier alpha value is -2.04. The molecule has 1 aliphatic rings. The predicted octanol–water partition coefficient (Wildman–Crippen LogP) is 3.10. The summed E-state index contributed by atoms with van der Waals surface area (Å²) in [5, 5.41) is 4.14. The van der Waals surface area contributed by atoms with Gasteiger partial charge in [-0.15, -0.1) is 0 Å². The highest BCUT2D eigenvalue weighted by Gasteiger charge is 2.38. The van der Waals surface area contributed by atoms with Gasteiger partial charge >= 0.3 is 0 Å². The lowest BCUT2D eigenvalue weighted by Gasteiger charge is -2.36. The van der Waals surface area contributed by atoms with Crippen LogP contribution in [0.3, 0.4) is 0 Å². The monoisotopic (exact) mass is 376 g/mol. The standard InChI is InChI=1S/C19H18Cl2N2O2/c1-23-17(11-13-4-8-15(21)9-5-13)18(24)22-16(19(23)25)10-12-2-6-14(20)7-3-12/h2-9,16-17H,10-11H2,1H3,(H,22,24)/t16-,17-/m0/s1. The van der Waals surface area contributed by atoms with Crippen LogP contribution in [-0.2, 0) is 22.4 Å². The molecule has 0 unspecified atom stereocenters. The van der Waals surface area contributed by atoms with Crippen molar-refractivity contribution < 1.29 is 9.59 Å². The minimum atomic E-state index is -0.555. The van der Waals surface area contributed by atoms with E-state index in [1.54, 1.807) is 31.3 Å². The molecule has 2 aromatic rings. The summed E-state index contributed by atoms with van der Waals surface area (Å²) in [7, 11) is 1.68. The van der Waals surface area contributed by atoms with Crippen molar-refractivity contribution in [3.63, 3.8) is 0 Å². The number of nitrogens with zero attached hydrogens (tertiary/aromatic N) is 1. The first-order valence-electron chi connectivity index (χ1n) is 8.00. The predicted molar refractivity (Wildman–Crippen MR) is 98.8 cm³/mol. The molecule has 0 radical (unpaired) electrons. The fourth-order valence-electron chi connectivity index (χ4n) is 2.97. The Balaban J connectivity index is 1.70. The lowest BCUT2D eigenvalue weighted by molar-refractivity contribution is -0.147. The van der Waals surface area contributed by atoms with Crippen molar-refractivity contribution in [3.8, 4) is 0 Å². The molecule has 3 rings (SSSR count). The second-order valence-electron chi connectivity index (χ2n) is 6.19. The molecule has 0 saturated carbocycles. The van der Waals surface area contributed by atoms with Crippen molar-refractivity contribution in [2.24, 2.45) is 0 Å². The third-order valence-electron chi connectivity index (χ3n) is 4.43. The number of hydrogen-bond acceptors (Lipinski definition) is 2. The average Bonchev–Trinajstić information content (AvgIpc) is 2.60. The van der Waals surface area contributed by atoms with E-state index in [4.69, 9.17) is 23.2 Å². The Morgan fingerprint density at radius 3 is 1.88 bits per heavy atom. The highest BCUT2D eigenvalue weighted by Crippen LogP contribution is 2.18. The number of nitrogens with one attached hydrogen (secondary N) is 1. The van der Waals surface area contributed by atoms with Gasteiger partial charge in [-0.05, 0) is 35.4 Å². The van der Waals surface area contributed by atoms with Crippen LogP contribution in [0.25, 0.3) is 0 Å². The lowest BCUT2D eigenvalue weighted by Crippen LogP contribution is -2.63. The maximum absolute atomic E-state index is 12.7. The Morgan fingerprint density at radius 2 is 1.36 bits per heavy atom. The van der Waals surface area contributed by atoms with E-state index in [0.717, 1.165) is 11.1 Å². The fourth-order valence-corrected chi connectivity index (χ4v) is 3.22. The van der Waals surface area contributed by atoms with Gasteiger partial charge in [-0.1, -0.05) is 47.5 Å². The molecule has 1 N–H and O–H groups in total. The fraction of sp³-hybridized carbons (Fsp3) is 0.263. The third-order valence-corrected chi connectivity index (χ3v) is 4.93. The maximum Gasteiger partial charge on any atom is 0.245 e. The summed E-state index contributed by atoms with van der Waals surface area (Å²) in [6.07, 6.45) is 0.901. The molecule has 4 nitrogen and oxygen atoms in total. The van der Waals surface area contributed by atoms with Gasteiger partial charge in [-0.25, -0.2) is 0 Å². The zero-order valence-corrected chi connectivity index (χ0v) is 15.2. The van der Waals surface area contributed by atoms with Crippen molar-refractivity contribution in [1.82, 2.24) is 10.2 Å². The third kappa shape index (κ3) is 4.14. The number of likely N-dealkylation sites (N-methyl/N-ethyl adjacent to an activating group) is 1. The number of amides is 2. The second-order valence-corrected chi connectivity index (χ2v) is 7.06. The molecule has 0 bridgehead atoms.